The predicted octanol–water partition coefficient (Wildman–Crippen LogP) is 1.82. The van der Waals surface area contributed by atoms with Gasteiger partial charge in [-0.3, -0.25) is 4.79 Å². The fourth-order valence-electron chi connectivity index (χ4n) is 2.89. The van der Waals surface area contributed by atoms with Crippen LogP contribution in [0.25, 0.3) is 0 Å². The number of ether oxygens (including phenoxy) is 1. The molecule has 0 radical (unpaired) electrons. The van der Waals surface area contributed by atoms with Gasteiger partial charge in [0, 0.05) is 12.3 Å². The number of aliphatic hydroxyl groups excluding tert-OH is 1. The van der Waals surface area contributed by atoms with Gasteiger partial charge in [0.2, 0.25) is 0 Å². The molecule has 1 aromatic carbocycles. The average Bonchev–Trinajstić information content (AvgIpc) is 2.88. The SMILES string of the molecule is CC=CC1=CN2C(=O)c3cc(OC)c(O)cc3NC(O)C2C1. The van der Waals surface area contributed by atoms with E-state index < -0.39 is 6.23 Å². The van der Waals surface area contributed by atoms with Gasteiger partial charge in [-0.1, -0.05) is 12.2 Å². The van der Waals surface area contributed by atoms with Crippen LogP contribution >= 0.6 is 0 Å². The maximum atomic E-state index is 12.8. The molecule has 1 amide bonds. The monoisotopic (exact) mass is 302 g/mol. The van der Waals surface area contributed by atoms with E-state index >= 15 is 0 Å². The fourth-order valence-corrected chi connectivity index (χ4v) is 2.89. The number of aromatic hydroxyl groups is 1. The smallest absolute Gasteiger partial charge is 0.260 e. The quantitative estimate of drug-likeness (QED) is 0.776. The normalized spacial score (nSPS) is 23.7. The molecule has 0 saturated carbocycles. The zero-order valence-electron chi connectivity index (χ0n) is 12.4. The number of phenolic OH excluding ortho intramolecular Hbond substituents is 1. The van der Waals surface area contributed by atoms with Crippen molar-refractivity contribution in [1.29, 1.82) is 0 Å². The lowest BCUT2D eigenvalue weighted by atomic mass is 10.1. The van der Waals surface area contributed by atoms with E-state index in [1.807, 2.05) is 19.1 Å². The minimum absolute atomic E-state index is 0.0824. The van der Waals surface area contributed by atoms with Gasteiger partial charge in [-0.25, -0.2) is 0 Å². The fraction of sp³-hybridized carbons (Fsp3) is 0.312. The van der Waals surface area contributed by atoms with Gasteiger partial charge in [-0.2, -0.15) is 0 Å². The molecule has 2 heterocycles. The zero-order valence-corrected chi connectivity index (χ0v) is 12.4. The topological polar surface area (TPSA) is 82.0 Å². The van der Waals surface area contributed by atoms with Crippen LogP contribution in [0.2, 0.25) is 0 Å². The predicted molar refractivity (Wildman–Crippen MR) is 81.8 cm³/mol. The molecule has 0 spiro atoms. The summed E-state index contributed by atoms with van der Waals surface area (Å²) in [6, 6.07) is 2.50. The molecule has 3 rings (SSSR count). The van der Waals surface area contributed by atoms with E-state index in [9.17, 15) is 15.0 Å². The average molecular weight is 302 g/mol. The van der Waals surface area contributed by atoms with Gasteiger partial charge in [0.15, 0.2) is 11.5 Å². The van der Waals surface area contributed by atoms with Gasteiger partial charge in [0.1, 0.15) is 6.23 Å². The molecule has 6 nitrogen and oxygen atoms in total. The molecule has 6 heteroatoms. The minimum atomic E-state index is -0.919. The van der Waals surface area contributed by atoms with Crippen molar-refractivity contribution in [3.63, 3.8) is 0 Å². The van der Waals surface area contributed by atoms with E-state index in [1.165, 1.54) is 24.1 Å². The highest BCUT2D eigenvalue weighted by molar-refractivity contribution is 6.02. The number of methoxy groups -OCH3 is 1. The van der Waals surface area contributed by atoms with Crippen molar-refractivity contribution < 1.29 is 19.7 Å². The molecule has 2 atom stereocenters. The van der Waals surface area contributed by atoms with Crippen molar-refractivity contribution in [3.05, 3.63) is 41.6 Å². The van der Waals surface area contributed by atoms with Crippen LogP contribution in [-0.2, 0) is 0 Å². The molecule has 3 N–H and O–H groups in total. The van der Waals surface area contributed by atoms with Gasteiger partial charge < -0.3 is 25.2 Å². The number of hydrogen-bond donors (Lipinski definition) is 3. The zero-order chi connectivity index (χ0) is 15.9. The van der Waals surface area contributed by atoms with Crippen LogP contribution in [0.4, 0.5) is 5.69 Å². The lowest BCUT2D eigenvalue weighted by Crippen LogP contribution is -2.42. The van der Waals surface area contributed by atoms with E-state index in [-0.39, 0.29) is 23.4 Å². The Morgan fingerprint density at radius 2 is 2.23 bits per heavy atom. The van der Waals surface area contributed by atoms with E-state index in [0.717, 1.165) is 5.57 Å². The number of phenols is 1. The van der Waals surface area contributed by atoms with Crippen LogP contribution in [0.15, 0.2) is 36.1 Å². The molecule has 0 saturated heterocycles. The number of aliphatic hydroxyl groups is 1. The van der Waals surface area contributed by atoms with Crippen LogP contribution < -0.4 is 10.1 Å². The van der Waals surface area contributed by atoms with Gasteiger partial charge in [0.05, 0.1) is 24.4 Å². The third-order valence-corrected chi connectivity index (χ3v) is 3.94. The maximum Gasteiger partial charge on any atom is 0.260 e. The molecule has 0 aliphatic carbocycles. The Kier molecular flexibility index (Phi) is 3.54. The van der Waals surface area contributed by atoms with E-state index in [1.54, 1.807) is 6.20 Å². The van der Waals surface area contributed by atoms with Crippen molar-refractivity contribution >= 4 is 11.6 Å². The Morgan fingerprint density at radius 1 is 1.45 bits per heavy atom. The number of anilines is 1. The van der Waals surface area contributed by atoms with Gasteiger partial charge in [-0.15, -0.1) is 0 Å². The molecule has 116 valence electrons. The highest BCUT2D eigenvalue weighted by atomic mass is 16.5. The van der Waals surface area contributed by atoms with Gasteiger partial charge in [0.25, 0.3) is 5.91 Å². The Morgan fingerprint density at radius 3 is 2.91 bits per heavy atom. The highest BCUT2D eigenvalue weighted by Gasteiger charge is 2.38. The Hall–Kier alpha value is -2.47. The number of allylic oxidation sites excluding steroid dienone is 2. The van der Waals surface area contributed by atoms with Crippen LogP contribution in [-0.4, -0.2) is 40.4 Å². The number of hydrogen-bond acceptors (Lipinski definition) is 5. The summed E-state index contributed by atoms with van der Waals surface area (Å²) in [5, 5.41) is 23.1. The Bertz CT molecular complexity index is 681. The number of amides is 1. The lowest BCUT2D eigenvalue weighted by molar-refractivity contribution is 0.0643. The summed E-state index contributed by atoms with van der Waals surface area (Å²) in [4.78, 5) is 14.3. The second-order valence-electron chi connectivity index (χ2n) is 5.35. The molecule has 0 bridgehead atoms. The first-order valence-electron chi connectivity index (χ1n) is 7.06. The summed E-state index contributed by atoms with van der Waals surface area (Å²) in [5.74, 6) is -0.0958. The summed E-state index contributed by atoms with van der Waals surface area (Å²) in [6.45, 7) is 1.91. The molecule has 0 aromatic heterocycles. The third kappa shape index (κ3) is 2.21. The number of fused-ring (bicyclic) bond motifs is 2. The van der Waals surface area contributed by atoms with Crippen LogP contribution in [0.3, 0.4) is 0 Å². The van der Waals surface area contributed by atoms with Crippen LogP contribution in [0, 0.1) is 0 Å². The molecule has 2 aliphatic heterocycles. The van der Waals surface area contributed by atoms with Crippen molar-refractivity contribution in [2.45, 2.75) is 25.6 Å². The van der Waals surface area contributed by atoms with Gasteiger partial charge >= 0.3 is 0 Å². The number of benzene rings is 1. The van der Waals surface area contributed by atoms with Crippen LogP contribution in [0.5, 0.6) is 11.5 Å². The van der Waals surface area contributed by atoms with Crippen molar-refractivity contribution in [3.8, 4) is 11.5 Å². The van der Waals surface area contributed by atoms with Crippen molar-refractivity contribution in [1.82, 2.24) is 4.90 Å². The number of nitrogens with one attached hydrogen (secondary N) is 1. The summed E-state index contributed by atoms with van der Waals surface area (Å²) >= 11 is 0. The summed E-state index contributed by atoms with van der Waals surface area (Å²) < 4.78 is 5.06. The molecule has 2 unspecified atom stereocenters. The maximum absolute atomic E-state index is 12.8. The Balaban J connectivity index is 2.07. The number of rotatable bonds is 2. The van der Waals surface area contributed by atoms with Crippen molar-refractivity contribution in [2.75, 3.05) is 12.4 Å². The molecular formula is C16H18N2O4. The molecule has 1 aromatic rings. The lowest BCUT2D eigenvalue weighted by Gasteiger charge is -2.24. The van der Waals surface area contributed by atoms with Crippen molar-refractivity contribution in [2.24, 2.45) is 0 Å². The summed E-state index contributed by atoms with van der Waals surface area (Å²) in [7, 11) is 1.42. The highest BCUT2D eigenvalue weighted by Crippen LogP contribution is 2.38. The third-order valence-electron chi connectivity index (χ3n) is 3.94. The summed E-state index contributed by atoms with van der Waals surface area (Å²) in [6.07, 6.45) is 5.23. The second-order valence-corrected chi connectivity index (χ2v) is 5.35. The number of carbonyl (C=O) groups excluding carboxylic acids is 1. The van der Waals surface area contributed by atoms with Crippen LogP contribution in [0.1, 0.15) is 23.7 Å². The van der Waals surface area contributed by atoms with E-state index in [2.05, 4.69) is 5.32 Å². The van der Waals surface area contributed by atoms with E-state index in [0.29, 0.717) is 17.7 Å². The van der Waals surface area contributed by atoms with Gasteiger partial charge in [-0.05, 0) is 25.0 Å². The number of carbonyl (C=O) groups is 1. The first-order valence-corrected chi connectivity index (χ1v) is 7.06. The first kappa shape index (κ1) is 14.5. The summed E-state index contributed by atoms with van der Waals surface area (Å²) in [5.41, 5.74) is 1.73. The standard InChI is InChI=1S/C16H18N2O4/c1-3-4-9-5-12-15(20)17-11-7-13(19)14(22-2)6-10(11)16(21)18(12)8-9/h3-4,6-8,12,15,17,19-20H,5H2,1-2H3. The van der Waals surface area contributed by atoms with E-state index in [4.69, 9.17) is 4.74 Å². The second kappa shape index (κ2) is 5.38. The largest absolute Gasteiger partial charge is 0.504 e. The Labute approximate surface area is 128 Å². The first-order chi connectivity index (χ1) is 10.5. The molecular weight excluding hydrogens is 284 g/mol. The molecule has 0 fully saturated rings. The number of nitrogens with zero attached hydrogens (tertiary/aromatic N) is 1. The molecule has 2 aliphatic rings. The minimum Gasteiger partial charge on any atom is -0.504 e. The molecule has 22 heavy (non-hydrogen) atoms.